The number of rotatable bonds is 6. The van der Waals surface area contributed by atoms with Crippen molar-refractivity contribution >= 4 is 5.97 Å². The Bertz CT molecular complexity index is 359. The van der Waals surface area contributed by atoms with Crippen LogP contribution in [0.2, 0.25) is 0 Å². The van der Waals surface area contributed by atoms with E-state index in [1.165, 1.54) is 0 Å². The lowest BCUT2D eigenvalue weighted by molar-refractivity contribution is -0.153. The van der Waals surface area contributed by atoms with Gasteiger partial charge in [-0.05, 0) is 24.8 Å². The molecule has 2 unspecified atom stereocenters. The molecule has 100 valence electrons. The highest BCUT2D eigenvalue weighted by molar-refractivity contribution is 5.73. The summed E-state index contributed by atoms with van der Waals surface area (Å²) in [7, 11) is 0. The third-order valence-corrected chi connectivity index (χ3v) is 2.98. The van der Waals surface area contributed by atoms with Crippen LogP contribution in [0.3, 0.4) is 0 Å². The van der Waals surface area contributed by atoms with Gasteiger partial charge in [0.1, 0.15) is 0 Å². The van der Waals surface area contributed by atoms with Gasteiger partial charge in [0.25, 0.3) is 0 Å². The van der Waals surface area contributed by atoms with E-state index in [4.69, 9.17) is 4.74 Å². The number of aliphatic hydroxyl groups excluding tert-OH is 1. The van der Waals surface area contributed by atoms with E-state index in [1.807, 2.05) is 44.2 Å². The van der Waals surface area contributed by atoms with Crippen LogP contribution in [0.5, 0.6) is 0 Å². The van der Waals surface area contributed by atoms with Gasteiger partial charge in [0.15, 0.2) is 0 Å². The van der Waals surface area contributed by atoms with Crippen molar-refractivity contribution in [3.8, 4) is 0 Å². The topological polar surface area (TPSA) is 46.5 Å². The Morgan fingerprint density at radius 3 is 2.39 bits per heavy atom. The number of esters is 1. The number of hydrogen-bond acceptors (Lipinski definition) is 3. The summed E-state index contributed by atoms with van der Waals surface area (Å²) in [4.78, 5) is 11.9. The standard InChI is InChI=1S/C15H22O3/c1-4-18-15(17)13(14(16)11(2)3)10-12-8-6-5-7-9-12/h5-9,11,13-14,16H,4,10H2,1-3H3. The minimum atomic E-state index is -0.677. The van der Waals surface area contributed by atoms with Gasteiger partial charge >= 0.3 is 5.97 Å². The molecule has 1 rings (SSSR count). The molecule has 0 bridgehead atoms. The van der Waals surface area contributed by atoms with Gasteiger partial charge in [0, 0.05) is 0 Å². The number of ether oxygens (including phenoxy) is 1. The molecule has 1 aromatic carbocycles. The van der Waals surface area contributed by atoms with E-state index in [9.17, 15) is 9.90 Å². The average molecular weight is 250 g/mol. The zero-order chi connectivity index (χ0) is 13.5. The van der Waals surface area contributed by atoms with Crippen LogP contribution in [0, 0.1) is 11.8 Å². The van der Waals surface area contributed by atoms with Gasteiger partial charge in [0.2, 0.25) is 0 Å². The van der Waals surface area contributed by atoms with Crippen molar-refractivity contribution < 1.29 is 14.6 Å². The second-order valence-electron chi connectivity index (χ2n) is 4.78. The number of benzene rings is 1. The molecule has 3 heteroatoms. The molecule has 0 amide bonds. The van der Waals surface area contributed by atoms with Crippen molar-refractivity contribution in [1.29, 1.82) is 0 Å². The minimum Gasteiger partial charge on any atom is -0.466 e. The molecule has 1 N–H and O–H groups in total. The highest BCUT2D eigenvalue weighted by Gasteiger charge is 2.30. The highest BCUT2D eigenvalue weighted by atomic mass is 16.5. The van der Waals surface area contributed by atoms with Crippen molar-refractivity contribution in [1.82, 2.24) is 0 Å². The fourth-order valence-electron chi connectivity index (χ4n) is 1.93. The van der Waals surface area contributed by atoms with E-state index in [0.717, 1.165) is 5.56 Å². The molecule has 1 aromatic rings. The SMILES string of the molecule is CCOC(=O)C(Cc1ccccc1)C(O)C(C)C. The molecule has 0 fully saturated rings. The smallest absolute Gasteiger partial charge is 0.311 e. The van der Waals surface area contributed by atoms with Gasteiger partial charge in [-0.3, -0.25) is 4.79 Å². The normalized spacial score (nSPS) is 14.3. The molecule has 3 nitrogen and oxygen atoms in total. The predicted octanol–water partition coefficient (Wildman–Crippen LogP) is 2.43. The zero-order valence-electron chi connectivity index (χ0n) is 11.3. The Labute approximate surface area is 109 Å². The fourth-order valence-corrected chi connectivity index (χ4v) is 1.93. The van der Waals surface area contributed by atoms with E-state index in [1.54, 1.807) is 6.92 Å². The molecule has 0 aliphatic heterocycles. The fraction of sp³-hybridized carbons (Fsp3) is 0.533. The molecule has 0 spiro atoms. The molecule has 0 saturated carbocycles. The maximum atomic E-state index is 11.9. The van der Waals surface area contributed by atoms with Gasteiger partial charge in [-0.1, -0.05) is 44.2 Å². The summed E-state index contributed by atoms with van der Waals surface area (Å²) >= 11 is 0. The molecule has 0 aliphatic rings. The summed E-state index contributed by atoms with van der Waals surface area (Å²) in [5.74, 6) is -0.780. The van der Waals surface area contributed by atoms with Crippen LogP contribution in [-0.4, -0.2) is 23.8 Å². The van der Waals surface area contributed by atoms with Gasteiger partial charge < -0.3 is 9.84 Å². The second kappa shape index (κ2) is 7.17. The lowest BCUT2D eigenvalue weighted by Gasteiger charge is -2.24. The first kappa shape index (κ1) is 14.7. The Kier molecular flexibility index (Phi) is 5.86. The Morgan fingerprint density at radius 2 is 1.89 bits per heavy atom. The summed E-state index contributed by atoms with van der Waals surface area (Å²) in [5, 5.41) is 10.1. The van der Waals surface area contributed by atoms with E-state index in [0.29, 0.717) is 13.0 Å². The van der Waals surface area contributed by atoms with Crippen molar-refractivity contribution in [2.75, 3.05) is 6.61 Å². The molecule has 18 heavy (non-hydrogen) atoms. The number of hydrogen-bond donors (Lipinski definition) is 1. The maximum Gasteiger partial charge on any atom is 0.311 e. The first-order valence-electron chi connectivity index (χ1n) is 6.44. The quantitative estimate of drug-likeness (QED) is 0.789. The van der Waals surface area contributed by atoms with Gasteiger partial charge in [-0.25, -0.2) is 0 Å². The molecule has 0 radical (unpaired) electrons. The van der Waals surface area contributed by atoms with Crippen molar-refractivity contribution in [3.05, 3.63) is 35.9 Å². The summed E-state index contributed by atoms with van der Waals surface area (Å²) < 4.78 is 5.05. The number of carbonyl (C=O) groups is 1. The minimum absolute atomic E-state index is 0.0307. The summed E-state index contributed by atoms with van der Waals surface area (Å²) in [5.41, 5.74) is 1.04. The molecule has 0 aromatic heterocycles. The van der Waals surface area contributed by atoms with Crippen LogP contribution in [0.4, 0.5) is 0 Å². The van der Waals surface area contributed by atoms with Gasteiger partial charge in [-0.2, -0.15) is 0 Å². The largest absolute Gasteiger partial charge is 0.466 e. The average Bonchev–Trinajstić information content (AvgIpc) is 2.36. The first-order chi connectivity index (χ1) is 8.56. The van der Waals surface area contributed by atoms with Gasteiger partial charge in [-0.15, -0.1) is 0 Å². The molecular formula is C15H22O3. The van der Waals surface area contributed by atoms with Crippen molar-refractivity contribution in [2.24, 2.45) is 11.8 Å². The highest BCUT2D eigenvalue weighted by Crippen LogP contribution is 2.19. The van der Waals surface area contributed by atoms with Gasteiger partial charge in [0.05, 0.1) is 18.6 Å². The van der Waals surface area contributed by atoms with E-state index < -0.39 is 12.0 Å². The van der Waals surface area contributed by atoms with Crippen LogP contribution in [0.1, 0.15) is 26.3 Å². The summed E-state index contributed by atoms with van der Waals surface area (Å²) in [6.07, 6.45) is -0.164. The molecule has 0 saturated heterocycles. The van der Waals surface area contributed by atoms with Crippen molar-refractivity contribution in [2.45, 2.75) is 33.3 Å². The number of aliphatic hydroxyl groups is 1. The van der Waals surface area contributed by atoms with Crippen LogP contribution in [0.25, 0.3) is 0 Å². The van der Waals surface area contributed by atoms with Crippen LogP contribution < -0.4 is 0 Å². The molecular weight excluding hydrogens is 228 g/mol. The molecule has 2 atom stereocenters. The van der Waals surface area contributed by atoms with Crippen LogP contribution in [0.15, 0.2) is 30.3 Å². The number of carbonyl (C=O) groups excluding carboxylic acids is 1. The second-order valence-corrected chi connectivity index (χ2v) is 4.78. The lowest BCUT2D eigenvalue weighted by Crippen LogP contribution is -2.35. The molecule has 0 aliphatic carbocycles. The zero-order valence-corrected chi connectivity index (χ0v) is 11.3. The lowest BCUT2D eigenvalue weighted by atomic mass is 9.88. The monoisotopic (exact) mass is 250 g/mol. The Morgan fingerprint density at radius 1 is 1.28 bits per heavy atom. The third-order valence-electron chi connectivity index (χ3n) is 2.98. The first-order valence-corrected chi connectivity index (χ1v) is 6.44. The summed E-state index contributed by atoms with van der Waals surface area (Å²) in [6.45, 7) is 5.93. The van der Waals surface area contributed by atoms with Crippen LogP contribution in [-0.2, 0) is 16.0 Å². The van der Waals surface area contributed by atoms with E-state index in [2.05, 4.69) is 0 Å². The third kappa shape index (κ3) is 4.15. The van der Waals surface area contributed by atoms with Crippen LogP contribution >= 0.6 is 0 Å². The van der Waals surface area contributed by atoms with E-state index in [-0.39, 0.29) is 11.9 Å². The Hall–Kier alpha value is -1.35. The van der Waals surface area contributed by atoms with Crippen molar-refractivity contribution in [3.63, 3.8) is 0 Å². The Balaban J connectivity index is 2.81. The predicted molar refractivity (Wildman–Crippen MR) is 71.1 cm³/mol. The molecule has 0 heterocycles. The maximum absolute atomic E-state index is 11.9. The summed E-state index contributed by atoms with van der Waals surface area (Å²) in [6, 6.07) is 9.71. The van der Waals surface area contributed by atoms with E-state index >= 15 is 0 Å².